The molecule has 0 radical (unpaired) electrons. The van der Waals surface area contributed by atoms with Crippen LogP contribution >= 0.6 is 0 Å². The second-order valence-corrected chi connectivity index (χ2v) is 6.31. The summed E-state index contributed by atoms with van der Waals surface area (Å²) in [5.41, 5.74) is 2.26. The number of nitrogens with one attached hydrogen (secondary N) is 1. The molecule has 3 rings (SSSR count). The van der Waals surface area contributed by atoms with E-state index in [1.54, 1.807) is 0 Å². The van der Waals surface area contributed by atoms with Crippen molar-refractivity contribution in [1.82, 2.24) is 15.2 Å². The molecule has 0 spiro atoms. The van der Waals surface area contributed by atoms with Gasteiger partial charge in [0.1, 0.15) is 0 Å². The first-order valence-electron chi connectivity index (χ1n) is 8.04. The summed E-state index contributed by atoms with van der Waals surface area (Å²) in [5, 5.41) is 4.81. The maximum absolute atomic E-state index is 4.81. The molecule has 3 heteroatoms. The molecule has 1 atom stereocenters. The number of nitrogens with zero attached hydrogens (tertiary/aromatic N) is 2. The third kappa shape index (κ3) is 3.60. The minimum Gasteiger partial charge on any atom is -0.313 e. The van der Waals surface area contributed by atoms with E-state index < -0.39 is 0 Å². The zero-order valence-corrected chi connectivity index (χ0v) is 13.0. The van der Waals surface area contributed by atoms with Gasteiger partial charge in [-0.25, -0.2) is 0 Å². The molecule has 1 unspecified atom stereocenters. The molecular formula is C18H25N3. The smallest absolute Gasteiger partial charge is 0.0705 e. The lowest BCUT2D eigenvalue weighted by Crippen LogP contribution is -2.40. The minimum atomic E-state index is 0.542. The van der Waals surface area contributed by atoms with Crippen LogP contribution < -0.4 is 5.32 Å². The fourth-order valence-electron chi connectivity index (χ4n) is 3.06. The number of benzene rings is 1. The number of fused-ring (bicyclic) bond motifs is 1. The summed E-state index contributed by atoms with van der Waals surface area (Å²) in [4.78, 5) is 7.34. The summed E-state index contributed by atoms with van der Waals surface area (Å²) in [5.74, 6) is 0. The SMILES string of the molecule is CC(C)N(Cc1ccc2ccccc2n1)CC1CCCN1. The molecule has 1 aromatic heterocycles. The van der Waals surface area contributed by atoms with E-state index in [-0.39, 0.29) is 0 Å². The fourth-order valence-corrected chi connectivity index (χ4v) is 3.06. The van der Waals surface area contributed by atoms with E-state index >= 15 is 0 Å². The maximum atomic E-state index is 4.81. The molecule has 2 aromatic rings. The summed E-state index contributed by atoms with van der Waals surface area (Å²) in [6.45, 7) is 7.77. The highest BCUT2D eigenvalue weighted by Gasteiger charge is 2.20. The minimum absolute atomic E-state index is 0.542. The Morgan fingerprint density at radius 2 is 2.10 bits per heavy atom. The first kappa shape index (κ1) is 14.5. The Morgan fingerprint density at radius 1 is 1.24 bits per heavy atom. The van der Waals surface area contributed by atoms with Gasteiger partial charge in [-0.1, -0.05) is 24.3 Å². The van der Waals surface area contributed by atoms with Gasteiger partial charge >= 0.3 is 0 Å². The van der Waals surface area contributed by atoms with Gasteiger partial charge in [0.2, 0.25) is 0 Å². The zero-order valence-electron chi connectivity index (χ0n) is 13.0. The van der Waals surface area contributed by atoms with Crippen molar-refractivity contribution in [3.05, 3.63) is 42.1 Å². The third-order valence-corrected chi connectivity index (χ3v) is 4.37. The van der Waals surface area contributed by atoms with Gasteiger partial charge in [0.25, 0.3) is 0 Å². The monoisotopic (exact) mass is 283 g/mol. The molecule has 21 heavy (non-hydrogen) atoms. The Bertz CT molecular complexity index is 588. The van der Waals surface area contributed by atoms with Crippen molar-refractivity contribution in [2.24, 2.45) is 0 Å². The van der Waals surface area contributed by atoms with Crippen LogP contribution in [-0.4, -0.2) is 35.1 Å². The average molecular weight is 283 g/mol. The number of hydrogen-bond acceptors (Lipinski definition) is 3. The summed E-state index contributed by atoms with van der Waals surface area (Å²) in [6, 6.07) is 13.9. The van der Waals surface area contributed by atoms with Crippen molar-refractivity contribution in [2.75, 3.05) is 13.1 Å². The lowest BCUT2D eigenvalue weighted by atomic mass is 10.1. The predicted molar refractivity (Wildman–Crippen MR) is 88.3 cm³/mol. The van der Waals surface area contributed by atoms with E-state index in [9.17, 15) is 0 Å². The molecule has 1 aliphatic heterocycles. The Hall–Kier alpha value is -1.45. The predicted octanol–water partition coefficient (Wildman–Crippen LogP) is 3.20. The number of pyridine rings is 1. The molecule has 0 saturated carbocycles. The maximum Gasteiger partial charge on any atom is 0.0705 e. The molecule has 112 valence electrons. The highest BCUT2D eigenvalue weighted by atomic mass is 15.2. The van der Waals surface area contributed by atoms with Gasteiger partial charge in [0.05, 0.1) is 11.2 Å². The quantitative estimate of drug-likeness (QED) is 0.913. The van der Waals surface area contributed by atoms with Crippen LogP contribution in [0.1, 0.15) is 32.4 Å². The molecule has 1 aromatic carbocycles. The van der Waals surface area contributed by atoms with Crippen molar-refractivity contribution in [3.8, 4) is 0 Å². The summed E-state index contributed by atoms with van der Waals surface area (Å²) in [7, 11) is 0. The van der Waals surface area contributed by atoms with Gasteiger partial charge < -0.3 is 5.32 Å². The second kappa shape index (κ2) is 6.54. The van der Waals surface area contributed by atoms with Gasteiger partial charge in [-0.05, 0) is 45.4 Å². The molecular weight excluding hydrogens is 258 g/mol. The van der Waals surface area contributed by atoms with E-state index in [1.807, 2.05) is 0 Å². The van der Waals surface area contributed by atoms with Crippen molar-refractivity contribution in [2.45, 2.75) is 45.3 Å². The molecule has 3 nitrogen and oxygen atoms in total. The largest absolute Gasteiger partial charge is 0.313 e. The summed E-state index contributed by atoms with van der Waals surface area (Å²) < 4.78 is 0. The first-order chi connectivity index (χ1) is 10.2. The van der Waals surface area contributed by atoms with E-state index in [0.717, 1.165) is 18.6 Å². The standard InChI is InChI=1S/C18H25N3/c1-14(2)21(12-16-7-5-11-19-16)13-17-10-9-15-6-3-4-8-18(15)20-17/h3-4,6,8-10,14,16,19H,5,7,11-13H2,1-2H3. The fraction of sp³-hybridized carbons (Fsp3) is 0.500. The molecule has 0 aliphatic carbocycles. The number of hydrogen-bond donors (Lipinski definition) is 1. The molecule has 1 N–H and O–H groups in total. The van der Waals surface area contributed by atoms with Crippen molar-refractivity contribution in [3.63, 3.8) is 0 Å². The molecule has 1 fully saturated rings. The lowest BCUT2D eigenvalue weighted by Gasteiger charge is -2.29. The van der Waals surface area contributed by atoms with E-state index in [4.69, 9.17) is 4.98 Å². The van der Waals surface area contributed by atoms with Crippen molar-refractivity contribution in [1.29, 1.82) is 0 Å². The molecule has 2 heterocycles. The second-order valence-electron chi connectivity index (χ2n) is 6.31. The first-order valence-corrected chi connectivity index (χ1v) is 8.04. The number of para-hydroxylation sites is 1. The number of rotatable bonds is 5. The molecule has 0 amide bonds. The summed E-state index contributed by atoms with van der Waals surface area (Å²) in [6.07, 6.45) is 2.61. The Balaban J connectivity index is 1.73. The lowest BCUT2D eigenvalue weighted by molar-refractivity contribution is 0.192. The average Bonchev–Trinajstić information content (AvgIpc) is 2.99. The van der Waals surface area contributed by atoms with Crippen LogP contribution in [0.4, 0.5) is 0 Å². The molecule has 0 bridgehead atoms. The Morgan fingerprint density at radius 3 is 2.86 bits per heavy atom. The van der Waals surface area contributed by atoms with Crippen LogP contribution in [0.25, 0.3) is 10.9 Å². The highest BCUT2D eigenvalue weighted by molar-refractivity contribution is 5.78. The van der Waals surface area contributed by atoms with Crippen molar-refractivity contribution >= 4 is 10.9 Å². The zero-order chi connectivity index (χ0) is 14.7. The summed E-state index contributed by atoms with van der Waals surface area (Å²) >= 11 is 0. The van der Waals surface area contributed by atoms with Crippen LogP contribution in [-0.2, 0) is 6.54 Å². The van der Waals surface area contributed by atoms with E-state index in [1.165, 1.54) is 30.5 Å². The van der Waals surface area contributed by atoms with E-state index in [2.05, 4.69) is 60.5 Å². The van der Waals surface area contributed by atoms with Crippen LogP contribution in [0.2, 0.25) is 0 Å². The highest BCUT2D eigenvalue weighted by Crippen LogP contribution is 2.15. The van der Waals surface area contributed by atoms with Gasteiger partial charge in [-0.3, -0.25) is 9.88 Å². The molecule has 1 saturated heterocycles. The number of aromatic nitrogens is 1. The van der Waals surface area contributed by atoms with Crippen molar-refractivity contribution < 1.29 is 0 Å². The Kier molecular flexibility index (Phi) is 4.51. The van der Waals surface area contributed by atoms with Gasteiger partial charge in [-0.2, -0.15) is 0 Å². The van der Waals surface area contributed by atoms with Crippen LogP contribution in [0.3, 0.4) is 0 Å². The topological polar surface area (TPSA) is 28.2 Å². The van der Waals surface area contributed by atoms with Crippen LogP contribution in [0.5, 0.6) is 0 Å². The van der Waals surface area contributed by atoms with E-state index in [0.29, 0.717) is 12.1 Å². The van der Waals surface area contributed by atoms with Gasteiger partial charge in [0, 0.05) is 30.6 Å². The van der Waals surface area contributed by atoms with Crippen LogP contribution in [0, 0.1) is 0 Å². The normalized spacial score (nSPS) is 19.0. The Labute approximate surface area is 127 Å². The van der Waals surface area contributed by atoms with Gasteiger partial charge in [-0.15, -0.1) is 0 Å². The third-order valence-electron chi connectivity index (χ3n) is 4.37. The van der Waals surface area contributed by atoms with Crippen LogP contribution in [0.15, 0.2) is 36.4 Å². The van der Waals surface area contributed by atoms with Gasteiger partial charge in [0.15, 0.2) is 0 Å². The molecule has 1 aliphatic rings.